The van der Waals surface area contributed by atoms with Gasteiger partial charge in [0.05, 0.1) is 23.1 Å². The zero-order valence-electron chi connectivity index (χ0n) is 15.6. The van der Waals surface area contributed by atoms with Gasteiger partial charge >= 0.3 is 0 Å². The van der Waals surface area contributed by atoms with Crippen LogP contribution in [0.25, 0.3) is 11.3 Å². The van der Waals surface area contributed by atoms with Crippen molar-refractivity contribution in [3.8, 4) is 11.3 Å². The SMILES string of the molecule is CC(=O)Nc1cc(-c2cncc(NC(C)c3c(C)n[nH]c3C)c2)n(C)n1. The highest BCUT2D eigenvalue weighted by atomic mass is 16.1. The van der Waals surface area contributed by atoms with Gasteiger partial charge < -0.3 is 10.6 Å². The Kier molecular flexibility index (Phi) is 4.75. The third kappa shape index (κ3) is 3.58. The molecule has 0 aliphatic heterocycles. The van der Waals surface area contributed by atoms with Crippen LogP contribution in [-0.2, 0) is 11.8 Å². The van der Waals surface area contributed by atoms with Crippen molar-refractivity contribution in [2.24, 2.45) is 7.05 Å². The summed E-state index contributed by atoms with van der Waals surface area (Å²) in [5.74, 6) is 0.370. The van der Waals surface area contributed by atoms with Gasteiger partial charge in [0.1, 0.15) is 0 Å². The molecule has 3 aromatic rings. The first-order valence-electron chi connectivity index (χ1n) is 8.40. The molecule has 3 N–H and O–H groups in total. The van der Waals surface area contributed by atoms with Gasteiger partial charge in [-0.15, -0.1) is 0 Å². The Morgan fingerprint density at radius 3 is 2.69 bits per heavy atom. The number of carbonyl (C=O) groups is 1. The minimum Gasteiger partial charge on any atom is -0.377 e. The highest BCUT2D eigenvalue weighted by Crippen LogP contribution is 2.27. The molecule has 0 saturated carbocycles. The molecule has 1 unspecified atom stereocenters. The lowest BCUT2D eigenvalue weighted by molar-refractivity contribution is -0.114. The summed E-state index contributed by atoms with van der Waals surface area (Å²) in [7, 11) is 1.83. The number of aromatic nitrogens is 5. The molecule has 0 fully saturated rings. The van der Waals surface area contributed by atoms with Crippen molar-refractivity contribution >= 4 is 17.4 Å². The molecule has 1 atom stereocenters. The van der Waals surface area contributed by atoms with Gasteiger partial charge in [0, 0.05) is 49.3 Å². The van der Waals surface area contributed by atoms with Gasteiger partial charge in [-0.1, -0.05) is 0 Å². The molecule has 26 heavy (non-hydrogen) atoms. The van der Waals surface area contributed by atoms with Crippen LogP contribution in [0, 0.1) is 13.8 Å². The number of amides is 1. The first kappa shape index (κ1) is 17.7. The number of rotatable bonds is 5. The van der Waals surface area contributed by atoms with Gasteiger partial charge in [0.2, 0.25) is 5.91 Å². The lowest BCUT2D eigenvalue weighted by Crippen LogP contribution is -2.09. The predicted octanol–water partition coefficient (Wildman–Crippen LogP) is 2.95. The number of H-pyrrole nitrogens is 1. The van der Waals surface area contributed by atoms with Gasteiger partial charge in [-0.2, -0.15) is 10.2 Å². The summed E-state index contributed by atoms with van der Waals surface area (Å²) < 4.78 is 1.72. The average molecular weight is 353 g/mol. The van der Waals surface area contributed by atoms with Crippen LogP contribution >= 0.6 is 0 Å². The molecule has 0 saturated heterocycles. The molecule has 0 aromatic carbocycles. The fraction of sp³-hybridized carbons (Fsp3) is 0.333. The van der Waals surface area contributed by atoms with Crippen molar-refractivity contribution in [1.82, 2.24) is 25.0 Å². The second-order valence-electron chi connectivity index (χ2n) is 6.40. The van der Waals surface area contributed by atoms with E-state index in [-0.39, 0.29) is 11.9 Å². The molecule has 0 spiro atoms. The molecule has 8 nitrogen and oxygen atoms in total. The van der Waals surface area contributed by atoms with Crippen LogP contribution < -0.4 is 10.6 Å². The molecule has 0 aliphatic rings. The van der Waals surface area contributed by atoms with Crippen molar-refractivity contribution < 1.29 is 4.79 Å². The molecular weight excluding hydrogens is 330 g/mol. The maximum absolute atomic E-state index is 11.2. The van der Waals surface area contributed by atoms with Gasteiger partial charge in [-0.05, 0) is 26.8 Å². The van der Waals surface area contributed by atoms with Crippen molar-refractivity contribution in [3.05, 3.63) is 41.5 Å². The van der Waals surface area contributed by atoms with Gasteiger partial charge in [-0.25, -0.2) is 0 Å². The van der Waals surface area contributed by atoms with Gasteiger partial charge in [-0.3, -0.25) is 19.6 Å². The largest absolute Gasteiger partial charge is 0.377 e. The van der Waals surface area contributed by atoms with Crippen LogP contribution in [0.4, 0.5) is 11.5 Å². The number of aromatic amines is 1. The molecule has 3 aromatic heterocycles. The third-order valence-electron chi connectivity index (χ3n) is 4.22. The minimum atomic E-state index is -0.150. The van der Waals surface area contributed by atoms with E-state index in [2.05, 4.69) is 37.8 Å². The van der Waals surface area contributed by atoms with E-state index in [1.165, 1.54) is 6.92 Å². The molecule has 136 valence electrons. The lowest BCUT2D eigenvalue weighted by Gasteiger charge is -2.16. The number of pyridine rings is 1. The Morgan fingerprint density at radius 1 is 1.27 bits per heavy atom. The molecule has 3 heterocycles. The van der Waals surface area contributed by atoms with Crippen molar-refractivity contribution in [1.29, 1.82) is 0 Å². The number of hydrogen-bond acceptors (Lipinski definition) is 5. The Bertz CT molecular complexity index is 921. The molecule has 3 rings (SSSR count). The fourth-order valence-corrected chi connectivity index (χ4v) is 3.16. The number of aryl methyl sites for hydroxylation is 3. The zero-order chi connectivity index (χ0) is 18.8. The van der Waals surface area contributed by atoms with Crippen LogP contribution in [0.2, 0.25) is 0 Å². The van der Waals surface area contributed by atoms with E-state index in [0.29, 0.717) is 5.82 Å². The number of anilines is 2. The lowest BCUT2D eigenvalue weighted by atomic mass is 10.1. The van der Waals surface area contributed by atoms with Crippen molar-refractivity contribution in [3.63, 3.8) is 0 Å². The Labute approximate surface area is 152 Å². The molecule has 0 aliphatic carbocycles. The van der Waals surface area contributed by atoms with E-state index in [0.717, 1.165) is 33.9 Å². The average Bonchev–Trinajstić information content (AvgIpc) is 3.09. The summed E-state index contributed by atoms with van der Waals surface area (Å²) in [6.45, 7) is 7.56. The Hall–Kier alpha value is -3.16. The summed E-state index contributed by atoms with van der Waals surface area (Å²) in [6.07, 6.45) is 3.56. The Balaban J connectivity index is 1.85. The highest BCUT2D eigenvalue weighted by Gasteiger charge is 2.15. The maximum Gasteiger partial charge on any atom is 0.222 e. The molecule has 1 amide bonds. The monoisotopic (exact) mass is 353 g/mol. The minimum absolute atomic E-state index is 0.0901. The van der Waals surface area contributed by atoms with E-state index < -0.39 is 0 Å². The fourth-order valence-electron chi connectivity index (χ4n) is 3.16. The summed E-state index contributed by atoms with van der Waals surface area (Å²) in [6, 6.07) is 3.94. The van der Waals surface area contributed by atoms with E-state index in [4.69, 9.17) is 0 Å². The molecule has 0 radical (unpaired) electrons. The van der Waals surface area contributed by atoms with Crippen LogP contribution in [0.15, 0.2) is 24.5 Å². The number of carbonyl (C=O) groups excluding carboxylic acids is 1. The summed E-state index contributed by atoms with van der Waals surface area (Å²) >= 11 is 0. The quantitative estimate of drug-likeness (QED) is 0.655. The van der Waals surface area contributed by atoms with Crippen LogP contribution in [0.3, 0.4) is 0 Å². The smallest absolute Gasteiger partial charge is 0.222 e. The number of nitrogens with one attached hydrogen (secondary N) is 3. The number of nitrogens with zero attached hydrogens (tertiary/aromatic N) is 4. The van der Waals surface area contributed by atoms with E-state index in [1.807, 2.05) is 33.0 Å². The van der Waals surface area contributed by atoms with Gasteiger partial charge in [0.25, 0.3) is 0 Å². The van der Waals surface area contributed by atoms with E-state index in [9.17, 15) is 4.79 Å². The van der Waals surface area contributed by atoms with E-state index in [1.54, 1.807) is 17.1 Å². The summed E-state index contributed by atoms with van der Waals surface area (Å²) in [4.78, 5) is 15.6. The van der Waals surface area contributed by atoms with Crippen LogP contribution in [0.5, 0.6) is 0 Å². The maximum atomic E-state index is 11.2. The molecular formula is C18H23N7O. The van der Waals surface area contributed by atoms with Gasteiger partial charge in [0.15, 0.2) is 5.82 Å². The van der Waals surface area contributed by atoms with Crippen LogP contribution in [-0.4, -0.2) is 30.9 Å². The van der Waals surface area contributed by atoms with Crippen molar-refractivity contribution in [2.75, 3.05) is 10.6 Å². The second kappa shape index (κ2) is 6.99. The Morgan fingerprint density at radius 2 is 2.04 bits per heavy atom. The third-order valence-corrected chi connectivity index (χ3v) is 4.22. The molecule has 0 bridgehead atoms. The van der Waals surface area contributed by atoms with E-state index >= 15 is 0 Å². The summed E-state index contributed by atoms with van der Waals surface area (Å²) in [5.41, 5.74) is 5.88. The standard InChI is InChI=1S/C18H23N7O/c1-10(18-11(2)22-23-12(18)3)20-15-6-14(8-19-9-15)16-7-17(21-13(4)26)24-25(16)5/h6-10,20H,1-5H3,(H,22,23)(H,21,24,26). The second-order valence-corrected chi connectivity index (χ2v) is 6.40. The first-order valence-corrected chi connectivity index (χ1v) is 8.40. The first-order chi connectivity index (χ1) is 12.3. The topological polar surface area (TPSA) is 101 Å². The normalized spacial score (nSPS) is 12.0. The summed E-state index contributed by atoms with van der Waals surface area (Å²) in [5, 5.41) is 17.7. The zero-order valence-corrected chi connectivity index (χ0v) is 15.6. The van der Waals surface area contributed by atoms with Crippen molar-refractivity contribution in [2.45, 2.75) is 33.7 Å². The predicted molar refractivity (Wildman–Crippen MR) is 101 cm³/mol. The van der Waals surface area contributed by atoms with Crippen LogP contribution in [0.1, 0.15) is 36.8 Å². The highest BCUT2D eigenvalue weighted by molar-refractivity contribution is 5.88. The molecule has 8 heteroatoms. The number of hydrogen-bond donors (Lipinski definition) is 3.